The van der Waals surface area contributed by atoms with Crippen molar-refractivity contribution in [3.63, 3.8) is 0 Å². The molecule has 1 heterocycles. The van der Waals surface area contributed by atoms with Crippen LogP contribution in [0.1, 0.15) is 11.1 Å². The van der Waals surface area contributed by atoms with Crippen LogP contribution in [0, 0.1) is 6.92 Å². The van der Waals surface area contributed by atoms with Gasteiger partial charge < -0.3 is 4.74 Å². The highest BCUT2D eigenvalue weighted by Crippen LogP contribution is 2.31. The molecule has 0 amide bonds. The number of thiazole rings is 1. The number of nitrogens with zero attached hydrogens (tertiary/aromatic N) is 1. The van der Waals surface area contributed by atoms with Gasteiger partial charge in [-0.25, -0.2) is 4.98 Å². The quantitative estimate of drug-likeness (QED) is 0.468. The highest BCUT2D eigenvalue weighted by Gasteiger charge is 2.06. The van der Waals surface area contributed by atoms with Crippen LogP contribution >= 0.6 is 11.3 Å². The molecule has 3 heteroatoms. The second kappa shape index (κ2) is 6.46. The molecular formula is C21H17NOS. The number of benzene rings is 3. The average molecular weight is 331 g/mol. The summed E-state index contributed by atoms with van der Waals surface area (Å²) in [4.78, 5) is 4.70. The Balaban J connectivity index is 1.51. The summed E-state index contributed by atoms with van der Waals surface area (Å²) in [5.41, 5.74) is 4.65. The molecule has 0 saturated carbocycles. The molecular weight excluding hydrogens is 314 g/mol. The molecule has 3 aromatic carbocycles. The molecule has 24 heavy (non-hydrogen) atoms. The standard InChI is InChI=1S/C21H17NOS/c1-15-6-2-3-7-17(15)14-23-18-12-10-16(11-13-18)21-22-19-8-4-5-9-20(19)24-21/h2-13H,14H2,1H3. The van der Waals surface area contributed by atoms with Crippen molar-refractivity contribution in [2.24, 2.45) is 0 Å². The minimum atomic E-state index is 0.590. The fourth-order valence-electron chi connectivity index (χ4n) is 2.62. The van der Waals surface area contributed by atoms with Crippen molar-refractivity contribution in [1.29, 1.82) is 0 Å². The van der Waals surface area contributed by atoms with Gasteiger partial charge >= 0.3 is 0 Å². The molecule has 0 spiro atoms. The van der Waals surface area contributed by atoms with Crippen molar-refractivity contribution in [3.8, 4) is 16.3 Å². The van der Waals surface area contributed by atoms with Crippen molar-refractivity contribution in [3.05, 3.63) is 83.9 Å². The number of hydrogen-bond donors (Lipinski definition) is 0. The predicted molar refractivity (Wildman–Crippen MR) is 101 cm³/mol. The normalized spacial score (nSPS) is 10.9. The molecule has 1 aromatic heterocycles. The van der Waals surface area contributed by atoms with Crippen molar-refractivity contribution < 1.29 is 4.74 Å². The lowest BCUT2D eigenvalue weighted by atomic mass is 10.1. The topological polar surface area (TPSA) is 22.1 Å². The number of rotatable bonds is 4. The fourth-order valence-corrected chi connectivity index (χ4v) is 3.59. The molecule has 2 nitrogen and oxygen atoms in total. The van der Waals surface area contributed by atoms with Crippen LogP contribution in [0.3, 0.4) is 0 Å². The molecule has 0 aliphatic heterocycles. The molecule has 0 bridgehead atoms. The maximum Gasteiger partial charge on any atom is 0.124 e. The zero-order chi connectivity index (χ0) is 16.4. The Morgan fingerprint density at radius 3 is 2.42 bits per heavy atom. The van der Waals surface area contributed by atoms with E-state index in [1.807, 2.05) is 36.4 Å². The van der Waals surface area contributed by atoms with Gasteiger partial charge in [0.05, 0.1) is 10.2 Å². The molecule has 4 aromatic rings. The largest absolute Gasteiger partial charge is 0.489 e. The molecule has 0 N–H and O–H groups in total. The monoisotopic (exact) mass is 331 g/mol. The summed E-state index contributed by atoms with van der Waals surface area (Å²) in [5, 5.41) is 1.04. The average Bonchev–Trinajstić information content (AvgIpc) is 3.06. The summed E-state index contributed by atoms with van der Waals surface area (Å²) in [5.74, 6) is 0.878. The summed E-state index contributed by atoms with van der Waals surface area (Å²) >= 11 is 1.72. The molecule has 118 valence electrons. The summed E-state index contributed by atoms with van der Waals surface area (Å²) in [6.07, 6.45) is 0. The fraction of sp³-hybridized carbons (Fsp3) is 0.0952. The summed E-state index contributed by atoms with van der Waals surface area (Å²) in [6, 6.07) is 24.7. The van der Waals surface area contributed by atoms with Crippen LogP contribution in [-0.2, 0) is 6.61 Å². The molecule has 0 aliphatic rings. The number of aromatic nitrogens is 1. The van der Waals surface area contributed by atoms with Gasteiger partial charge in [-0.15, -0.1) is 11.3 Å². The minimum Gasteiger partial charge on any atom is -0.489 e. The first-order valence-electron chi connectivity index (χ1n) is 7.93. The van der Waals surface area contributed by atoms with E-state index in [1.165, 1.54) is 15.8 Å². The number of para-hydroxylation sites is 1. The van der Waals surface area contributed by atoms with Gasteiger partial charge in [0.2, 0.25) is 0 Å². The van der Waals surface area contributed by atoms with E-state index >= 15 is 0 Å². The lowest BCUT2D eigenvalue weighted by molar-refractivity contribution is 0.305. The third-order valence-electron chi connectivity index (χ3n) is 4.05. The maximum absolute atomic E-state index is 5.91. The van der Waals surface area contributed by atoms with Crippen LogP contribution in [0.15, 0.2) is 72.8 Å². The van der Waals surface area contributed by atoms with Gasteiger partial charge in [-0.05, 0) is 54.4 Å². The summed E-state index contributed by atoms with van der Waals surface area (Å²) < 4.78 is 7.12. The van der Waals surface area contributed by atoms with Crippen molar-refractivity contribution in [2.75, 3.05) is 0 Å². The third kappa shape index (κ3) is 3.03. The Hall–Kier alpha value is -2.65. The van der Waals surface area contributed by atoms with E-state index in [2.05, 4.69) is 43.3 Å². The summed E-state index contributed by atoms with van der Waals surface area (Å²) in [7, 11) is 0. The molecule has 0 radical (unpaired) electrons. The number of aryl methyl sites for hydroxylation is 1. The van der Waals surface area contributed by atoms with E-state index < -0.39 is 0 Å². The van der Waals surface area contributed by atoms with Crippen LogP contribution < -0.4 is 4.74 Å². The van der Waals surface area contributed by atoms with E-state index in [1.54, 1.807) is 11.3 Å². The van der Waals surface area contributed by atoms with Gasteiger partial charge in [0.25, 0.3) is 0 Å². The van der Waals surface area contributed by atoms with E-state index in [0.29, 0.717) is 6.61 Å². The maximum atomic E-state index is 5.91. The van der Waals surface area contributed by atoms with Gasteiger partial charge in [-0.2, -0.15) is 0 Å². The van der Waals surface area contributed by atoms with Gasteiger partial charge in [0, 0.05) is 5.56 Å². The molecule has 0 fully saturated rings. The Bertz CT molecular complexity index is 939. The zero-order valence-corrected chi connectivity index (χ0v) is 14.2. The van der Waals surface area contributed by atoms with E-state index in [0.717, 1.165) is 21.8 Å². The third-order valence-corrected chi connectivity index (χ3v) is 5.14. The smallest absolute Gasteiger partial charge is 0.124 e. The lowest BCUT2D eigenvalue weighted by Crippen LogP contribution is -1.97. The first kappa shape index (κ1) is 14.9. The Morgan fingerprint density at radius 1 is 0.875 bits per heavy atom. The highest BCUT2D eigenvalue weighted by molar-refractivity contribution is 7.21. The van der Waals surface area contributed by atoms with Crippen LogP contribution in [0.25, 0.3) is 20.8 Å². The van der Waals surface area contributed by atoms with Gasteiger partial charge in [0.15, 0.2) is 0 Å². The first-order valence-corrected chi connectivity index (χ1v) is 8.74. The predicted octanol–water partition coefficient (Wildman–Crippen LogP) is 5.85. The molecule has 0 saturated heterocycles. The zero-order valence-electron chi connectivity index (χ0n) is 13.4. The SMILES string of the molecule is Cc1ccccc1COc1ccc(-c2nc3ccccc3s2)cc1. The van der Waals surface area contributed by atoms with Crippen molar-refractivity contribution in [2.45, 2.75) is 13.5 Å². The number of hydrogen-bond acceptors (Lipinski definition) is 3. The Labute approximate surface area is 145 Å². The second-order valence-electron chi connectivity index (χ2n) is 5.73. The van der Waals surface area contributed by atoms with Crippen molar-refractivity contribution >= 4 is 21.6 Å². The second-order valence-corrected chi connectivity index (χ2v) is 6.76. The lowest BCUT2D eigenvalue weighted by Gasteiger charge is -2.08. The molecule has 0 unspecified atom stereocenters. The number of fused-ring (bicyclic) bond motifs is 1. The highest BCUT2D eigenvalue weighted by atomic mass is 32.1. The van der Waals surface area contributed by atoms with E-state index in [9.17, 15) is 0 Å². The van der Waals surface area contributed by atoms with E-state index in [-0.39, 0.29) is 0 Å². The van der Waals surface area contributed by atoms with Crippen molar-refractivity contribution in [1.82, 2.24) is 4.98 Å². The van der Waals surface area contributed by atoms with Crippen LogP contribution in [0.5, 0.6) is 5.75 Å². The van der Waals surface area contributed by atoms with Gasteiger partial charge in [0.1, 0.15) is 17.4 Å². The molecule has 0 atom stereocenters. The van der Waals surface area contributed by atoms with E-state index in [4.69, 9.17) is 9.72 Å². The molecule has 0 aliphatic carbocycles. The Morgan fingerprint density at radius 2 is 1.62 bits per heavy atom. The van der Waals surface area contributed by atoms with Crippen LogP contribution in [0.4, 0.5) is 0 Å². The summed E-state index contributed by atoms with van der Waals surface area (Å²) in [6.45, 7) is 2.70. The van der Waals surface area contributed by atoms with Gasteiger partial charge in [-0.3, -0.25) is 0 Å². The first-order chi connectivity index (χ1) is 11.8. The molecule has 4 rings (SSSR count). The Kier molecular flexibility index (Phi) is 4.01. The van der Waals surface area contributed by atoms with Crippen LogP contribution in [0.2, 0.25) is 0 Å². The minimum absolute atomic E-state index is 0.590. The number of ether oxygens (including phenoxy) is 1. The van der Waals surface area contributed by atoms with Crippen LogP contribution in [-0.4, -0.2) is 4.98 Å². The van der Waals surface area contributed by atoms with Gasteiger partial charge in [-0.1, -0.05) is 36.4 Å².